The molecular formula is C19H19F3N6OS. The Morgan fingerprint density at radius 1 is 1.30 bits per heavy atom. The van der Waals surface area contributed by atoms with Gasteiger partial charge in [0, 0.05) is 5.92 Å². The van der Waals surface area contributed by atoms with Gasteiger partial charge in [0.25, 0.3) is 0 Å². The Bertz CT molecular complexity index is 1030. The van der Waals surface area contributed by atoms with E-state index in [0.717, 1.165) is 10.6 Å². The van der Waals surface area contributed by atoms with E-state index in [1.807, 2.05) is 6.92 Å². The first-order valence-electron chi connectivity index (χ1n) is 9.27. The van der Waals surface area contributed by atoms with E-state index in [-0.39, 0.29) is 13.0 Å². The van der Waals surface area contributed by atoms with Crippen LogP contribution in [-0.2, 0) is 13.0 Å². The second kappa shape index (κ2) is 8.13. The molecule has 0 fully saturated rings. The fourth-order valence-corrected chi connectivity index (χ4v) is 4.03. The molecular weight excluding hydrogens is 417 g/mol. The molecule has 4 rings (SSSR count). The lowest BCUT2D eigenvalue weighted by atomic mass is 9.84. The van der Waals surface area contributed by atoms with E-state index >= 15 is 0 Å². The first kappa shape index (κ1) is 20.5. The van der Waals surface area contributed by atoms with Crippen LogP contribution in [-0.4, -0.2) is 53.2 Å². The summed E-state index contributed by atoms with van der Waals surface area (Å²) in [5, 5.41) is 7.06. The third-order valence-corrected chi connectivity index (χ3v) is 5.91. The van der Waals surface area contributed by atoms with Gasteiger partial charge in [-0.2, -0.15) is 13.2 Å². The number of nitrogens with zero attached hydrogens (tertiary/aromatic N) is 5. The Labute approximate surface area is 175 Å². The van der Waals surface area contributed by atoms with Crippen LogP contribution >= 0.6 is 11.5 Å². The van der Waals surface area contributed by atoms with E-state index in [2.05, 4.69) is 29.9 Å². The number of alkyl halides is 3. The lowest BCUT2D eigenvalue weighted by Crippen LogP contribution is -2.43. The molecule has 1 aromatic carbocycles. The quantitative estimate of drug-likeness (QED) is 0.797. The summed E-state index contributed by atoms with van der Waals surface area (Å²) in [6.07, 6.45) is -2.86. The van der Waals surface area contributed by atoms with Gasteiger partial charge in [-0.1, -0.05) is 4.49 Å². The molecule has 2 aliphatic rings. The normalized spacial score (nSPS) is 21.0. The number of aliphatic imine (C=N–C) groups is 3. The molecule has 0 aliphatic carbocycles. The zero-order valence-corrected chi connectivity index (χ0v) is 17.1. The Kier molecular flexibility index (Phi) is 5.54. The molecule has 0 amide bonds. The molecule has 158 valence electrons. The minimum absolute atomic E-state index is 0.151. The van der Waals surface area contributed by atoms with Crippen LogP contribution in [0.4, 0.5) is 18.9 Å². The predicted octanol–water partition coefficient (Wildman–Crippen LogP) is 3.30. The number of ether oxygens (including phenoxy) is 1. The highest BCUT2D eigenvalue weighted by atomic mass is 32.1. The maximum atomic E-state index is 13.7. The van der Waals surface area contributed by atoms with Crippen LogP contribution in [0.5, 0.6) is 5.75 Å². The summed E-state index contributed by atoms with van der Waals surface area (Å²) in [4.78, 5) is 13.7. The summed E-state index contributed by atoms with van der Waals surface area (Å²) in [7, 11) is 1.52. The average molecular weight is 436 g/mol. The Balaban J connectivity index is 1.51. The number of methoxy groups -OCH3 is 1. The largest absolute Gasteiger partial charge is 0.497 e. The number of aryl methyl sites for hydroxylation is 1. The molecule has 0 radical (unpaired) electrons. The van der Waals surface area contributed by atoms with Crippen molar-refractivity contribution in [3.05, 3.63) is 34.3 Å². The highest BCUT2D eigenvalue weighted by molar-refractivity contribution is 7.05. The van der Waals surface area contributed by atoms with Gasteiger partial charge >= 0.3 is 6.18 Å². The molecule has 11 heteroatoms. The average Bonchev–Trinajstić information content (AvgIpc) is 3.15. The van der Waals surface area contributed by atoms with Gasteiger partial charge in [0.05, 0.1) is 48.7 Å². The van der Waals surface area contributed by atoms with E-state index < -0.39 is 23.8 Å². The summed E-state index contributed by atoms with van der Waals surface area (Å²) < 4.78 is 50.2. The van der Waals surface area contributed by atoms with Gasteiger partial charge < -0.3 is 10.1 Å². The maximum Gasteiger partial charge on any atom is 0.429 e. The number of amidine groups is 1. The lowest BCUT2D eigenvalue weighted by Gasteiger charge is -2.31. The van der Waals surface area contributed by atoms with Crippen LogP contribution in [0.3, 0.4) is 0 Å². The van der Waals surface area contributed by atoms with Gasteiger partial charge in [-0.05, 0) is 48.6 Å². The van der Waals surface area contributed by atoms with Gasteiger partial charge in [-0.15, -0.1) is 5.10 Å². The zero-order chi connectivity index (χ0) is 21.3. The summed E-state index contributed by atoms with van der Waals surface area (Å²) >= 11 is 1.29. The monoisotopic (exact) mass is 436 g/mol. The number of nitrogens with one attached hydrogen (secondary N) is 1. The standard InChI is InChI=1S/C19H19F3N6OS/c1-10-16(30-28-27-10)8-25-17-9-23-15(7-24-17)13-6-11-5-12(29-2)3-4-14(11)26-18(13)19(20,21)22/h3-5,9,13,15H,6-8H2,1-2H3,(H,24,25). The van der Waals surface area contributed by atoms with Crippen LogP contribution in [0.15, 0.2) is 33.2 Å². The number of hydrogen-bond acceptors (Lipinski definition) is 8. The third-order valence-electron chi connectivity index (χ3n) is 5.09. The highest BCUT2D eigenvalue weighted by Gasteiger charge is 2.45. The summed E-state index contributed by atoms with van der Waals surface area (Å²) in [6.45, 7) is 2.50. The van der Waals surface area contributed by atoms with Crippen LogP contribution in [0.2, 0.25) is 0 Å². The Morgan fingerprint density at radius 2 is 2.13 bits per heavy atom. The van der Waals surface area contributed by atoms with Crippen molar-refractivity contribution in [3.63, 3.8) is 0 Å². The first-order chi connectivity index (χ1) is 14.3. The van der Waals surface area contributed by atoms with Crippen LogP contribution in [0.1, 0.15) is 16.1 Å². The third kappa shape index (κ3) is 4.20. The molecule has 0 spiro atoms. The molecule has 0 saturated carbocycles. The fourth-order valence-electron chi connectivity index (χ4n) is 3.46. The second-order valence-corrected chi connectivity index (χ2v) is 7.85. The van der Waals surface area contributed by atoms with Gasteiger partial charge in [-0.3, -0.25) is 9.98 Å². The highest BCUT2D eigenvalue weighted by Crippen LogP contribution is 2.38. The molecule has 0 saturated heterocycles. The van der Waals surface area contributed by atoms with Gasteiger partial charge in [0.2, 0.25) is 0 Å². The topological polar surface area (TPSA) is 84.1 Å². The van der Waals surface area contributed by atoms with E-state index in [1.54, 1.807) is 18.2 Å². The van der Waals surface area contributed by atoms with Crippen molar-refractivity contribution in [2.75, 3.05) is 13.7 Å². The van der Waals surface area contributed by atoms with Crippen molar-refractivity contribution in [2.45, 2.75) is 32.1 Å². The molecule has 1 N–H and O–H groups in total. The van der Waals surface area contributed by atoms with Crippen molar-refractivity contribution in [1.29, 1.82) is 0 Å². The number of hydrogen-bond donors (Lipinski definition) is 1. The fraction of sp³-hybridized carbons (Fsp3) is 0.421. The smallest absolute Gasteiger partial charge is 0.429 e. The van der Waals surface area contributed by atoms with Gasteiger partial charge in [-0.25, -0.2) is 4.99 Å². The molecule has 2 atom stereocenters. The van der Waals surface area contributed by atoms with Gasteiger partial charge in [0.15, 0.2) is 0 Å². The summed E-state index contributed by atoms with van der Waals surface area (Å²) in [5.74, 6) is 0.212. The van der Waals surface area contributed by atoms with Crippen molar-refractivity contribution in [3.8, 4) is 5.75 Å². The second-order valence-electron chi connectivity index (χ2n) is 7.01. The van der Waals surface area contributed by atoms with Crippen LogP contribution < -0.4 is 10.1 Å². The molecule has 2 aliphatic heterocycles. The first-order valence-corrected chi connectivity index (χ1v) is 10.0. The molecule has 30 heavy (non-hydrogen) atoms. The number of benzene rings is 1. The van der Waals surface area contributed by atoms with Crippen molar-refractivity contribution < 1.29 is 17.9 Å². The van der Waals surface area contributed by atoms with E-state index in [9.17, 15) is 13.2 Å². The van der Waals surface area contributed by atoms with Crippen LogP contribution in [0, 0.1) is 12.8 Å². The van der Waals surface area contributed by atoms with Crippen molar-refractivity contribution >= 4 is 35.0 Å². The Morgan fingerprint density at radius 3 is 2.77 bits per heavy atom. The van der Waals surface area contributed by atoms with Gasteiger partial charge in [0.1, 0.15) is 17.3 Å². The van der Waals surface area contributed by atoms with E-state index in [0.29, 0.717) is 29.4 Å². The van der Waals surface area contributed by atoms with Crippen molar-refractivity contribution in [2.24, 2.45) is 20.9 Å². The minimum Gasteiger partial charge on any atom is -0.497 e. The molecule has 1 aromatic heterocycles. The molecule has 0 bridgehead atoms. The summed E-state index contributed by atoms with van der Waals surface area (Å²) in [5.41, 5.74) is 1.06. The number of aromatic nitrogens is 2. The Hall–Kier alpha value is -2.82. The van der Waals surface area contributed by atoms with Crippen LogP contribution in [0.25, 0.3) is 0 Å². The number of fused-ring (bicyclic) bond motifs is 1. The van der Waals surface area contributed by atoms with E-state index in [1.165, 1.54) is 24.9 Å². The molecule has 7 nitrogen and oxygen atoms in total. The number of halogens is 3. The molecule has 2 aromatic rings. The predicted molar refractivity (Wildman–Crippen MR) is 109 cm³/mol. The van der Waals surface area contributed by atoms with E-state index in [4.69, 9.17) is 4.74 Å². The maximum absolute atomic E-state index is 13.7. The zero-order valence-electron chi connectivity index (χ0n) is 16.3. The number of rotatable bonds is 4. The summed E-state index contributed by atoms with van der Waals surface area (Å²) in [6, 6.07) is 4.25. The minimum atomic E-state index is -4.53. The molecule has 3 heterocycles. The van der Waals surface area contributed by atoms with Crippen molar-refractivity contribution in [1.82, 2.24) is 14.9 Å². The lowest BCUT2D eigenvalue weighted by molar-refractivity contribution is -0.0635. The molecule has 2 unspecified atom stereocenters. The SMILES string of the molecule is COc1ccc2c(c1)CC(C1CN=C(NCc3snnc3C)C=N1)C(C(F)(F)F)=N2.